The van der Waals surface area contributed by atoms with Crippen LogP contribution in [0.4, 0.5) is 18.9 Å². The Kier molecular flexibility index (Phi) is 7.43. The van der Waals surface area contributed by atoms with E-state index in [1.807, 2.05) is 37.4 Å². The number of benzene rings is 2. The molecule has 1 N–H and O–H groups in total. The lowest BCUT2D eigenvalue weighted by atomic mass is 10.1. The Hall–Kier alpha value is -3.03. The first-order valence-electron chi connectivity index (χ1n) is 8.64. The molecule has 8 heteroatoms. The van der Waals surface area contributed by atoms with Gasteiger partial charge in [0.15, 0.2) is 6.61 Å². The minimum Gasteiger partial charge on any atom is -0.452 e. The monoisotopic (exact) mass is 394 g/mol. The van der Waals surface area contributed by atoms with Gasteiger partial charge >= 0.3 is 12.1 Å². The predicted octanol–water partition coefficient (Wildman–Crippen LogP) is 3.50. The maximum Gasteiger partial charge on any atom is 0.416 e. The SMILES string of the molecule is CN(CCCNC(=O)COC(=O)c1ccc(C(F)(F)F)cc1)c1ccccc1. The minimum atomic E-state index is -4.48. The second kappa shape index (κ2) is 9.77. The smallest absolute Gasteiger partial charge is 0.416 e. The molecule has 0 fully saturated rings. The molecule has 0 bridgehead atoms. The third kappa shape index (κ3) is 6.61. The van der Waals surface area contributed by atoms with E-state index in [9.17, 15) is 22.8 Å². The minimum absolute atomic E-state index is 0.0507. The summed E-state index contributed by atoms with van der Waals surface area (Å²) < 4.78 is 42.3. The van der Waals surface area contributed by atoms with Crippen molar-refractivity contribution in [1.82, 2.24) is 5.32 Å². The molecule has 0 saturated heterocycles. The molecule has 28 heavy (non-hydrogen) atoms. The molecule has 0 atom stereocenters. The fraction of sp³-hybridized carbons (Fsp3) is 0.300. The van der Waals surface area contributed by atoms with Crippen LogP contribution in [-0.2, 0) is 15.7 Å². The van der Waals surface area contributed by atoms with Crippen LogP contribution >= 0.6 is 0 Å². The molecule has 0 spiro atoms. The van der Waals surface area contributed by atoms with Crippen molar-refractivity contribution in [1.29, 1.82) is 0 Å². The third-order valence-electron chi connectivity index (χ3n) is 3.97. The highest BCUT2D eigenvalue weighted by Crippen LogP contribution is 2.29. The number of ether oxygens (including phenoxy) is 1. The van der Waals surface area contributed by atoms with Crippen molar-refractivity contribution < 1.29 is 27.5 Å². The molecule has 0 aromatic heterocycles. The van der Waals surface area contributed by atoms with Gasteiger partial charge in [-0.25, -0.2) is 4.79 Å². The zero-order chi connectivity index (χ0) is 20.6. The maximum atomic E-state index is 12.5. The molecular formula is C20H21F3N2O3. The summed E-state index contributed by atoms with van der Waals surface area (Å²) in [4.78, 5) is 25.6. The van der Waals surface area contributed by atoms with Crippen molar-refractivity contribution in [3.05, 3.63) is 65.7 Å². The molecule has 2 rings (SSSR count). The van der Waals surface area contributed by atoms with E-state index in [2.05, 4.69) is 10.2 Å². The highest BCUT2D eigenvalue weighted by atomic mass is 19.4. The molecule has 0 heterocycles. The number of alkyl halides is 3. The summed E-state index contributed by atoms with van der Waals surface area (Å²) in [6.07, 6.45) is -3.78. The van der Waals surface area contributed by atoms with E-state index in [1.165, 1.54) is 0 Å². The molecule has 2 aromatic carbocycles. The quantitative estimate of drug-likeness (QED) is 0.550. The molecule has 0 unspecified atom stereocenters. The highest BCUT2D eigenvalue weighted by molar-refractivity contribution is 5.91. The normalized spacial score (nSPS) is 11.0. The molecule has 0 saturated carbocycles. The summed E-state index contributed by atoms with van der Waals surface area (Å²) in [5.74, 6) is -1.32. The Morgan fingerprint density at radius 1 is 1.04 bits per heavy atom. The van der Waals surface area contributed by atoms with Crippen LogP contribution in [0.1, 0.15) is 22.3 Å². The fourth-order valence-corrected chi connectivity index (χ4v) is 2.42. The van der Waals surface area contributed by atoms with Gasteiger partial charge in [-0.1, -0.05) is 18.2 Å². The van der Waals surface area contributed by atoms with Crippen LogP contribution in [0.2, 0.25) is 0 Å². The number of nitrogens with zero attached hydrogens (tertiary/aromatic N) is 1. The van der Waals surface area contributed by atoms with Gasteiger partial charge in [0, 0.05) is 25.8 Å². The van der Waals surface area contributed by atoms with Gasteiger partial charge in [0.05, 0.1) is 11.1 Å². The van der Waals surface area contributed by atoms with Gasteiger partial charge in [-0.3, -0.25) is 4.79 Å². The first-order valence-corrected chi connectivity index (χ1v) is 8.64. The van der Waals surface area contributed by atoms with Gasteiger partial charge < -0.3 is 15.0 Å². The first kappa shape index (κ1) is 21.3. The van der Waals surface area contributed by atoms with Crippen LogP contribution in [0.3, 0.4) is 0 Å². The Morgan fingerprint density at radius 2 is 1.68 bits per heavy atom. The van der Waals surface area contributed by atoms with Crippen molar-refractivity contribution in [3.8, 4) is 0 Å². The lowest BCUT2D eigenvalue weighted by Crippen LogP contribution is -2.31. The van der Waals surface area contributed by atoms with Crippen molar-refractivity contribution in [3.63, 3.8) is 0 Å². The maximum absolute atomic E-state index is 12.5. The molecule has 1 amide bonds. The van der Waals surface area contributed by atoms with Gasteiger partial charge in [-0.05, 0) is 42.8 Å². The number of nitrogens with one attached hydrogen (secondary N) is 1. The number of halogens is 3. The zero-order valence-electron chi connectivity index (χ0n) is 15.3. The average Bonchev–Trinajstić information content (AvgIpc) is 2.69. The molecule has 0 radical (unpaired) electrons. The topological polar surface area (TPSA) is 58.6 Å². The largest absolute Gasteiger partial charge is 0.452 e. The van der Waals surface area contributed by atoms with Crippen molar-refractivity contribution in [2.45, 2.75) is 12.6 Å². The molecular weight excluding hydrogens is 373 g/mol. The average molecular weight is 394 g/mol. The first-order chi connectivity index (χ1) is 13.3. The number of carbonyl (C=O) groups excluding carboxylic acids is 2. The van der Waals surface area contributed by atoms with E-state index in [-0.39, 0.29) is 5.56 Å². The van der Waals surface area contributed by atoms with Gasteiger partial charge in [0.25, 0.3) is 5.91 Å². The number of esters is 1. The molecule has 0 aliphatic heterocycles. The standard InChI is InChI=1S/C20H21F3N2O3/c1-25(17-6-3-2-4-7-17)13-5-12-24-18(26)14-28-19(27)15-8-10-16(11-9-15)20(21,22)23/h2-4,6-11H,5,12-14H2,1H3,(H,24,26). The van der Waals surface area contributed by atoms with Crippen molar-refractivity contribution >= 4 is 17.6 Å². The summed E-state index contributed by atoms with van der Waals surface area (Å²) in [5.41, 5.74) is 0.159. The van der Waals surface area contributed by atoms with E-state index >= 15 is 0 Å². The number of anilines is 1. The van der Waals surface area contributed by atoms with Crippen LogP contribution < -0.4 is 10.2 Å². The molecule has 0 aliphatic carbocycles. The molecule has 0 aliphatic rings. The van der Waals surface area contributed by atoms with Crippen LogP contribution in [0.25, 0.3) is 0 Å². The second-order valence-corrected chi connectivity index (χ2v) is 6.11. The van der Waals surface area contributed by atoms with Crippen molar-refractivity contribution in [2.24, 2.45) is 0 Å². The van der Waals surface area contributed by atoms with Gasteiger partial charge in [0.2, 0.25) is 0 Å². The second-order valence-electron chi connectivity index (χ2n) is 6.11. The fourth-order valence-electron chi connectivity index (χ4n) is 2.42. The van der Waals surface area contributed by atoms with Crippen LogP contribution in [-0.4, -0.2) is 38.6 Å². The van der Waals surface area contributed by atoms with E-state index in [0.717, 1.165) is 36.5 Å². The number of rotatable bonds is 8. The highest BCUT2D eigenvalue weighted by Gasteiger charge is 2.30. The number of amides is 1. The number of para-hydroxylation sites is 1. The summed E-state index contributed by atoms with van der Waals surface area (Å²) in [6, 6.07) is 13.4. The van der Waals surface area contributed by atoms with Crippen LogP contribution in [0, 0.1) is 0 Å². The molecule has 2 aromatic rings. The Bertz CT molecular complexity index is 778. The van der Waals surface area contributed by atoms with Crippen molar-refractivity contribution in [2.75, 3.05) is 31.6 Å². The number of hydrogen-bond acceptors (Lipinski definition) is 4. The van der Waals surface area contributed by atoms with E-state index in [1.54, 1.807) is 0 Å². The Labute approximate surface area is 161 Å². The van der Waals surface area contributed by atoms with Gasteiger partial charge in [-0.2, -0.15) is 13.2 Å². The summed E-state index contributed by atoms with van der Waals surface area (Å²) in [5, 5.41) is 2.63. The summed E-state index contributed by atoms with van der Waals surface area (Å²) in [7, 11) is 1.95. The Morgan fingerprint density at radius 3 is 2.29 bits per heavy atom. The molecule has 150 valence electrons. The predicted molar refractivity (Wildman–Crippen MR) is 99.1 cm³/mol. The van der Waals surface area contributed by atoms with Gasteiger partial charge in [-0.15, -0.1) is 0 Å². The number of hydrogen-bond donors (Lipinski definition) is 1. The third-order valence-corrected chi connectivity index (χ3v) is 3.97. The summed E-state index contributed by atoms with van der Waals surface area (Å²) >= 11 is 0. The van der Waals surface area contributed by atoms with E-state index in [0.29, 0.717) is 13.0 Å². The lowest BCUT2D eigenvalue weighted by molar-refractivity contribution is -0.137. The molecule has 5 nitrogen and oxygen atoms in total. The zero-order valence-corrected chi connectivity index (χ0v) is 15.3. The number of carbonyl (C=O) groups is 2. The van der Waals surface area contributed by atoms with Crippen LogP contribution in [0.15, 0.2) is 54.6 Å². The van der Waals surface area contributed by atoms with E-state index < -0.39 is 30.2 Å². The van der Waals surface area contributed by atoms with E-state index in [4.69, 9.17) is 4.74 Å². The van der Waals surface area contributed by atoms with Gasteiger partial charge in [0.1, 0.15) is 0 Å². The van der Waals surface area contributed by atoms with Crippen LogP contribution in [0.5, 0.6) is 0 Å². The Balaban J connectivity index is 1.67. The summed E-state index contributed by atoms with van der Waals surface area (Å²) in [6.45, 7) is 0.651. The lowest BCUT2D eigenvalue weighted by Gasteiger charge is -2.19.